The molecular formula is C14H20N2O7S. The Balaban J connectivity index is 2.82. The first kappa shape index (κ1) is 19.9. The van der Waals surface area contributed by atoms with Gasteiger partial charge in [-0.2, -0.15) is 0 Å². The standard InChI is InChI=1S/C14H20N2O7S/c1-15-24(19,20)12-8-10(4-5-11(12)22-3)14(18)23-9-13(17)16-6-7-21-2/h4-5,8,15H,6-7,9H2,1-3H3,(H,16,17). The van der Waals surface area contributed by atoms with Gasteiger partial charge in [-0.1, -0.05) is 0 Å². The Morgan fingerprint density at radius 3 is 2.50 bits per heavy atom. The lowest BCUT2D eigenvalue weighted by Gasteiger charge is -2.11. The number of hydrogen-bond donors (Lipinski definition) is 2. The zero-order valence-electron chi connectivity index (χ0n) is 13.6. The molecule has 0 aromatic heterocycles. The molecule has 0 aliphatic heterocycles. The molecular weight excluding hydrogens is 340 g/mol. The number of benzene rings is 1. The normalized spacial score (nSPS) is 11.0. The van der Waals surface area contributed by atoms with Gasteiger partial charge in [0.05, 0.1) is 19.3 Å². The van der Waals surface area contributed by atoms with E-state index in [-0.39, 0.29) is 16.2 Å². The molecule has 0 fully saturated rings. The minimum atomic E-state index is -3.82. The van der Waals surface area contributed by atoms with Crippen LogP contribution in [0.3, 0.4) is 0 Å². The monoisotopic (exact) mass is 360 g/mol. The molecule has 1 aromatic rings. The van der Waals surface area contributed by atoms with Gasteiger partial charge in [0.1, 0.15) is 10.6 Å². The van der Waals surface area contributed by atoms with Crippen LogP contribution in [-0.2, 0) is 24.3 Å². The Morgan fingerprint density at radius 2 is 1.92 bits per heavy atom. The van der Waals surface area contributed by atoms with Gasteiger partial charge in [-0.15, -0.1) is 0 Å². The number of nitrogens with one attached hydrogen (secondary N) is 2. The van der Waals surface area contributed by atoms with E-state index < -0.39 is 28.5 Å². The van der Waals surface area contributed by atoms with Crippen LogP contribution in [0.4, 0.5) is 0 Å². The molecule has 1 amide bonds. The van der Waals surface area contributed by atoms with Gasteiger partial charge in [-0.05, 0) is 25.2 Å². The summed E-state index contributed by atoms with van der Waals surface area (Å²) in [4.78, 5) is 23.2. The average molecular weight is 360 g/mol. The van der Waals surface area contributed by atoms with Gasteiger partial charge in [0.2, 0.25) is 10.0 Å². The largest absolute Gasteiger partial charge is 0.495 e. The third-order valence-corrected chi connectivity index (χ3v) is 4.36. The number of carbonyl (C=O) groups excluding carboxylic acids is 2. The molecule has 10 heteroatoms. The third kappa shape index (κ3) is 5.48. The Morgan fingerprint density at radius 1 is 1.21 bits per heavy atom. The van der Waals surface area contributed by atoms with Gasteiger partial charge < -0.3 is 19.5 Å². The lowest BCUT2D eigenvalue weighted by atomic mass is 10.2. The van der Waals surface area contributed by atoms with Gasteiger partial charge in [0.25, 0.3) is 5.91 Å². The molecule has 2 N–H and O–H groups in total. The van der Waals surface area contributed by atoms with E-state index in [0.29, 0.717) is 13.2 Å². The summed E-state index contributed by atoms with van der Waals surface area (Å²) in [5, 5.41) is 2.49. The average Bonchev–Trinajstić information content (AvgIpc) is 2.59. The number of methoxy groups -OCH3 is 2. The molecule has 0 radical (unpaired) electrons. The van der Waals surface area contributed by atoms with E-state index in [0.717, 1.165) is 6.07 Å². The second-order valence-corrected chi connectivity index (χ2v) is 6.35. The molecule has 9 nitrogen and oxygen atoms in total. The molecule has 0 saturated carbocycles. The maximum absolute atomic E-state index is 12.0. The highest BCUT2D eigenvalue weighted by Gasteiger charge is 2.21. The van der Waals surface area contributed by atoms with Gasteiger partial charge >= 0.3 is 5.97 Å². The van der Waals surface area contributed by atoms with Gasteiger partial charge in [0, 0.05) is 13.7 Å². The fourth-order valence-corrected chi connectivity index (χ4v) is 2.60. The summed E-state index contributed by atoms with van der Waals surface area (Å²) in [6.45, 7) is 0.145. The molecule has 0 heterocycles. The van der Waals surface area contributed by atoms with Gasteiger partial charge in [-0.25, -0.2) is 17.9 Å². The van der Waals surface area contributed by atoms with Crippen molar-refractivity contribution in [2.75, 3.05) is 41.0 Å². The van der Waals surface area contributed by atoms with Crippen LogP contribution in [0.25, 0.3) is 0 Å². The number of hydrogen-bond acceptors (Lipinski definition) is 7. The van der Waals surface area contributed by atoms with E-state index in [4.69, 9.17) is 14.2 Å². The van der Waals surface area contributed by atoms with E-state index in [9.17, 15) is 18.0 Å². The Hall–Kier alpha value is -2.17. The van der Waals surface area contributed by atoms with E-state index >= 15 is 0 Å². The minimum absolute atomic E-state index is 0.0192. The number of amides is 1. The van der Waals surface area contributed by atoms with E-state index in [1.54, 1.807) is 0 Å². The molecule has 1 aromatic carbocycles. The molecule has 24 heavy (non-hydrogen) atoms. The van der Waals surface area contributed by atoms with E-state index in [1.807, 2.05) is 0 Å². The Bertz CT molecular complexity index is 688. The number of esters is 1. The Kier molecular flexibility index (Phi) is 7.62. The SMILES string of the molecule is CNS(=O)(=O)c1cc(C(=O)OCC(=O)NCCOC)ccc1OC. The summed E-state index contributed by atoms with van der Waals surface area (Å²) in [6.07, 6.45) is 0. The molecule has 0 atom stereocenters. The predicted molar refractivity (Wildman–Crippen MR) is 84.4 cm³/mol. The number of ether oxygens (including phenoxy) is 3. The van der Waals surface area contributed by atoms with Crippen molar-refractivity contribution in [3.8, 4) is 5.75 Å². The summed E-state index contributed by atoms with van der Waals surface area (Å²) in [5.41, 5.74) is -0.0192. The maximum Gasteiger partial charge on any atom is 0.338 e. The maximum atomic E-state index is 12.0. The quantitative estimate of drug-likeness (QED) is 0.451. The molecule has 0 spiro atoms. The van der Waals surface area contributed by atoms with Gasteiger partial charge in [0.15, 0.2) is 6.61 Å². The van der Waals surface area contributed by atoms with Crippen molar-refractivity contribution in [1.29, 1.82) is 0 Å². The molecule has 0 unspecified atom stereocenters. The molecule has 0 saturated heterocycles. The van der Waals surface area contributed by atoms with Crippen molar-refractivity contribution in [3.05, 3.63) is 23.8 Å². The molecule has 134 valence electrons. The molecule has 0 bridgehead atoms. The highest BCUT2D eigenvalue weighted by Crippen LogP contribution is 2.24. The number of carbonyl (C=O) groups is 2. The lowest BCUT2D eigenvalue weighted by Crippen LogP contribution is -2.31. The summed E-state index contributed by atoms with van der Waals surface area (Å²) in [5.74, 6) is -1.23. The highest BCUT2D eigenvalue weighted by atomic mass is 32.2. The van der Waals surface area contributed by atoms with Crippen LogP contribution in [-0.4, -0.2) is 61.3 Å². The third-order valence-electron chi connectivity index (χ3n) is 2.92. The van der Waals surface area contributed by atoms with Crippen LogP contribution in [0.2, 0.25) is 0 Å². The van der Waals surface area contributed by atoms with Crippen molar-refractivity contribution >= 4 is 21.9 Å². The first-order valence-electron chi connectivity index (χ1n) is 6.90. The number of sulfonamides is 1. The van der Waals surface area contributed by atoms with Crippen LogP contribution in [0.15, 0.2) is 23.1 Å². The van der Waals surface area contributed by atoms with Crippen molar-refractivity contribution < 1.29 is 32.2 Å². The van der Waals surface area contributed by atoms with Crippen molar-refractivity contribution in [1.82, 2.24) is 10.0 Å². The Labute approximate surface area is 140 Å². The van der Waals surface area contributed by atoms with Crippen molar-refractivity contribution in [2.45, 2.75) is 4.90 Å². The van der Waals surface area contributed by atoms with E-state index in [2.05, 4.69) is 10.0 Å². The first-order chi connectivity index (χ1) is 11.4. The first-order valence-corrected chi connectivity index (χ1v) is 8.38. The summed E-state index contributed by atoms with van der Waals surface area (Å²) in [7, 11) is 0.226. The fourth-order valence-electron chi connectivity index (χ4n) is 1.68. The second-order valence-electron chi connectivity index (χ2n) is 4.49. The van der Waals surface area contributed by atoms with Crippen LogP contribution in [0.5, 0.6) is 5.75 Å². The smallest absolute Gasteiger partial charge is 0.338 e. The lowest BCUT2D eigenvalue weighted by molar-refractivity contribution is -0.124. The van der Waals surface area contributed by atoms with Gasteiger partial charge in [-0.3, -0.25) is 4.79 Å². The fraction of sp³-hybridized carbons (Fsp3) is 0.429. The molecule has 0 aliphatic rings. The predicted octanol–water partition coefficient (Wildman–Crippen LogP) is -0.477. The number of rotatable bonds is 9. The zero-order chi connectivity index (χ0) is 18.2. The highest BCUT2D eigenvalue weighted by molar-refractivity contribution is 7.89. The second kappa shape index (κ2) is 9.21. The summed E-state index contributed by atoms with van der Waals surface area (Å²) in [6, 6.07) is 3.80. The summed E-state index contributed by atoms with van der Waals surface area (Å²) >= 11 is 0. The molecule has 0 aliphatic carbocycles. The van der Waals surface area contributed by atoms with Crippen LogP contribution in [0, 0.1) is 0 Å². The van der Waals surface area contributed by atoms with Crippen LogP contribution in [0.1, 0.15) is 10.4 Å². The van der Waals surface area contributed by atoms with Crippen LogP contribution >= 0.6 is 0 Å². The topological polar surface area (TPSA) is 120 Å². The van der Waals surface area contributed by atoms with E-state index in [1.165, 1.54) is 33.4 Å². The van der Waals surface area contributed by atoms with Crippen molar-refractivity contribution in [2.24, 2.45) is 0 Å². The summed E-state index contributed by atoms with van der Waals surface area (Å²) < 4.78 is 40.6. The molecule has 1 rings (SSSR count). The van der Waals surface area contributed by atoms with Crippen LogP contribution < -0.4 is 14.8 Å². The zero-order valence-corrected chi connectivity index (χ0v) is 14.4. The van der Waals surface area contributed by atoms with Crippen molar-refractivity contribution in [3.63, 3.8) is 0 Å². The minimum Gasteiger partial charge on any atom is -0.495 e.